The summed E-state index contributed by atoms with van der Waals surface area (Å²) in [5.41, 5.74) is 11.3. The molecule has 0 radical (unpaired) electrons. The normalized spacial score (nSPS) is 11.6. The number of hydrogen-bond acceptors (Lipinski definition) is 9. The Morgan fingerprint density at radius 1 is 1.38 bits per heavy atom. The van der Waals surface area contributed by atoms with E-state index in [1.807, 2.05) is 0 Å². The Morgan fingerprint density at radius 3 is 2.73 bits per heavy atom. The van der Waals surface area contributed by atoms with Crippen molar-refractivity contribution in [2.45, 2.75) is 24.3 Å². The van der Waals surface area contributed by atoms with Gasteiger partial charge in [-0.05, 0) is 25.3 Å². The molecule has 0 aliphatic rings. The molecule has 0 fully saturated rings. The van der Waals surface area contributed by atoms with Gasteiger partial charge in [0.25, 0.3) is 5.91 Å². The summed E-state index contributed by atoms with van der Waals surface area (Å²) in [6.45, 7) is 3.54. The highest BCUT2D eigenvalue weighted by Gasteiger charge is 2.21. The minimum atomic E-state index is -0.618. The van der Waals surface area contributed by atoms with E-state index in [1.54, 1.807) is 25.3 Å². The van der Waals surface area contributed by atoms with Crippen molar-refractivity contribution in [3.05, 3.63) is 28.8 Å². The molecule has 5 N–H and O–H groups in total. The molecule has 1 unspecified atom stereocenters. The van der Waals surface area contributed by atoms with Gasteiger partial charge in [-0.25, -0.2) is 14.8 Å². The number of primary amides is 1. The van der Waals surface area contributed by atoms with E-state index in [1.165, 1.54) is 17.5 Å². The van der Waals surface area contributed by atoms with Crippen LogP contribution in [0.5, 0.6) is 0 Å². The SMILES string of the molecule is CCOC(=O)c1cnc(SC(C)C(=O)Nc2sccc2C(N)=O)nc1N. The lowest BCUT2D eigenvalue weighted by atomic mass is 10.3. The van der Waals surface area contributed by atoms with Gasteiger partial charge in [-0.1, -0.05) is 11.8 Å². The van der Waals surface area contributed by atoms with Gasteiger partial charge in [0, 0.05) is 6.20 Å². The Bertz CT molecular complexity index is 839. The molecule has 0 bridgehead atoms. The van der Waals surface area contributed by atoms with Gasteiger partial charge >= 0.3 is 5.97 Å². The van der Waals surface area contributed by atoms with Crippen molar-refractivity contribution in [1.82, 2.24) is 9.97 Å². The maximum absolute atomic E-state index is 12.3. The lowest BCUT2D eigenvalue weighted by Gasteiger charge is -2.11. The summed E-state index contributed by atoms with van der Waals surface area (Å²) in [7, 11) is 0. The molecule has 0 saturated carbocycles. The number of anilines is 2. The van der Waals surface area contributed by atoms with Crippen molar-refractivity contribution >= 4 is 51.7 Å². The predicted octanol–water partition coefficient (Wildman–Crippen LogP) is 1.52. The van der Waals surface area contributed by atoms with E-state index in [0.717, 1.165) is 11.8 Å². The van der Waals surface area contributed by atoms with E-state index in [9.17, 15) is 14.4 Å². The average Bonchev–Trinajstić information content (AvgIpc) is 3.03. The van der Waals surface area contributed by atoms with Crippen molar-refractivity contribution in [2.75, 3.05) is 17.7 Å². The van der Waals surface area contributed by atoms with Gasteiger partial charge in [0.2, 0.25) is 5.91 Å². The van der Waals surface area contributed by atoms with Crippen LogP contribution in [0.15, 0.2) is 22.8 Å². The quantitative estimate of drug-likeness (QED) is 0.363. The van der Waals surface area contributed by atoms with Gasteiger partial charge in [-0.3, -0.25) is 9.59 Å². The number of carbonyl (C=O) groups is 3. The van der Waals surface area contributed by atoms with Gasteiger partial charge in [0.1, 0.15) is 16.4 Å². The zero-order chi connectivity index (χ0) is 19.3. The second kappa shape index (κ2) is 8.63. The largest absolute Gasteiger partial charge is 0.462 e. The third-order valence-corrected chi connectivity index (χ3v) is 4.92. The Hall–Kier alpha value is -2.66. The molecule has 2 aromatic heterocycles. The van der Waals surface area contributed by atoms with Crippen molar-refractivity contribution in [3.8, 4) is 0 Å². The highest BCUT2D eigenvalue weighted by atomic mass is 32.2. The summed E-state index contributed by atoms with van der Waals surface area (Å²) in [6, 6.07) is 1.54. The minimum Gasteiger partial charge on any atom is -0.462 e. The first-order chi connectivity index (χ1) is 12.3. The molecule has 0 aliphatic carbocycles. The van der Waals surface area contributed by atoms with Crippen LogP contribution in [-0.2, 0) is 9.53 Å². The summed E-state index contributed by atoms with van der Waals surface area (Å²) >= 11 is 2.26. The number of nitrogen functional groups attached to an aromatic ring is 1. The number of nitrogens with one attached hydrogen (secondary N) is 1. The molecule has 26 heavy (non-hydrogen) atoms. The van der Waals surface area contributed by atoms with Crippen molar-refractivity contribution in [3.63, 3.8) is 0 Å². The molecular formula is C15H17N5O4S2. The monoisotopic (exact) mass is 395 g/mol. The standard InChI is InChI=1S/C15H17N5O4S2/c1-3-24-14(23)9-6-18-15(19-10(9)16)26-7(2)12(22)20-13-8(11(17)21)4-5-25-13/h4-7H,3H2,1-2H3,(H2,17,21)(H,20,22)(H2,16,18,19). The number of nitrogens with zero attached hydrogens (tertiary/aromatic N) is 2. The number of esters is 1. The van der Waals surface area contributed by atoms with Crippen LogP contribution in [0.2, 0.25) is 0 Å². The number of thioether (sulfide) groups is 1. The third kappa shape index (κ3) is 4.70. The van der Waals surface area contributed by atoms with Crippen LogP contribution in [0, 0.1) is 0 Å². The number of aromatic nitrogens is 2. The fourth-order valence-corrected chi connectivity index (χ4v) is 3.37. The summed E-state index contributed by atoms with van der Waals surface area (Å²) in [5.74, 6) is -1.60. The summed E-state index contributed by atoms with van der Waals surface area (Å²) in [4.78, 5) is 43.3. The van der Waals surface area contributed by atoms with Crippen LogP contribution >= 0.6 is 23.1 Å². The summed E-state index contributed by atoms with van der Waals surface area (Å²) < 4.78 is 4.85. The Kier molecular flexibility index (Phi) is 6.52. The zero-order valence-electron chi connectivity index (χ0n) is 14.0. The van der Waals surface area contributed by atoms with Crippen LogP contribution < -0.4 is 16.8 Å². The third-order valence-electron chi connectivity index (χ3n) is 3.11. The highest BCUT2D eigenvalue weighted by molar-refractivity contribution is 8.00. The molecule has 0 aromatic carbocycles. The second-order valence-electron chi connectivity index (χ2n) is 4.95. The lowest BCUT2D eigenvalue weighted by molar-refractivity contribution is -0.115. The van der Waals surface area contributed by atoms with Gasteiger partial charge < -0.3 is 21.5 Å². The van der Waals surface area contributed by atoms with E-state index in [4.69, 9.17) is 16.2 Å². The molecule has 0 aliphatic heterocycles. The number of ether oxygens (including phenoxy) is 1. The molecule has 2 amide bonds. The molecule has 0 saturated heterocycles. The summed E-state index contributed by atoms with van der Waals surface area (Å²) in [5, 5.41) is 4.35. The second-order valence-corrected chi connectivity index (χ2v) is 7.17. The van der Waals surface area contributed by atoms with Crippen LogP contribution in [0.1, 0.15) is 34.6 Å². The molecule has 9 nitrogen and oxygen atoms in total. The number of amides is 2. The first-order valence-corrected chi connectivity index (χ1v) is 9.23. The fraction of sp³-hybridized carbons (Fsp3) is 0.267. The fourth-order valence-electron chi connectivity index (χ4n) is 1.83. The molecule has 11 heteroatoms. The summed E-state index contributed by atoms with van der Waals surface area (Å²) in [6.07, 6.45) is 1.26. The molecule has 2 heterocycles. The van der Waals surface area contributed by atoms with Crippen molar-refractivity contribution in [2.24, 2.45) is 5.73 Å². The number of carbonyl (C=O) groups excluding carboxylic acids is 3. The van der Waals surface area contributed by atoms with E-state index in [2.05, 4.69) is 15.3 Å². The first kappa shape index (κ1) is 19.7. The molecule has 0 spiro atoms. The van der Waals surface area contributed by atoms with Crippen LogP contribution in [0.4, 0.5) is 10.8 Å². The molecule has 2 aromatic rings. The topological polar surface area (TPSA) is 150 Å². The Balaban J connectivity index is 2.04. The van der Waals surface area contributed by atoms with Gasteiger partial charge in [-0.15, -0.1) is 11.3 Å². The van der Waals surface area contributed by atoms with Gasteiger partial charge in [0.05, 0.1) is 17.4 Å². The Morgan fingerprint density at radius 2 is 2.12 bits per heavy atom. The van der Waals surface area contributed by atoms with E-state index in [0.29, 0.717) is 5.00 Å². The lowest BCUT2D eigenvalue weighted by Crippen LogP contribution is -2.24. The average molecular weight is 395 g/mol. The maximum atomic E-state index is 12.3. The molecule has 1 atom stereocenters. The van der Waals surface area contributed by atoms with Crippen LogP contribution in [0.25, 0.3) is 0 Å². The van der Waals surface area contributed by atoms with Crippen LogP contribution in [-0.4, -0.2) is 39.6 Å². The number of rotatable bonds is 7. The minimum absolute atomic E-state index is 0.0252. The van der Waals surface area contributed by atoms with Gasteiger partial charge in [0.15, 0.2) is 5.16 Å². The maximum Gasteiger partial charge on any atom is 0.343 e. The van der Waals surface area contributed by atoms with E-state index >= 15 is 0 Å². The molecule has 138 valence electrons. The van der Waals surface area contributed by atoms with E-state index in [-0.39, 0.29) is 34.6 Å². The van der Waals surface area contributed by atoms with E-state index < -0.39 is 17.1 Å². The number of thiophene rings is 1. The Labute approximate surface area is 157 Å². The smallest absolute Gasteiger partial charge is 0.343 e. The molecular weight excluding hydrogens is 378 g/mol. The highest BCUT2D eigenvalue weighted by Crippen LogP contribution is 2.26. The first-order valence-electron chi connectivity index (χ1n) is 7.48. The van der Waals surface area contributed by atoms with Crippen LogP contribution in [0.3, 0.4) is 0 Å². The zero-order valence-corrected chi connectivity index (χ0v) is 15.6. The van der Waals surface area contributed by atoms with Crippen molar-refractivity contribution < 1.29 is 19.1 Å². The predicted molar refractivity (Wildman–Crippen MR) is 99.2 cm³/mol. The van der Waals surface area contributed by atoms with Gasteiger partial charge in [-0.2, -0.15) is 0 Å². The number of hydrogen-bond donors (Lipinski definition) is 3. The number of nitrogens with two attached hydrogens (primary N) is 2. The molecule has 2 rings (SSSR count). The van der Waals surface area contributed by atoms with Crippen molar-refractivity contribution in [1.29, 1.82) is 0 Å².